The largest absolute Gasteiger partial charge is 0.497 e. The minimum atomic E-state index is 0.281. The molecule has 124 valence electrons. The zero-order valence-electron chi connectivity index (χ0n) is 13.7. The van der Waals surface area contributed by atoms with Crippen molar-refractivity contribution in [3.63, 3.8) is 0 Å². The molecule has 2 aromatic heterocycles. The minimum Gasteiger partial charge on any atom is -0.497 e. The van der Waals surface area contributed by atoms with Gasteiger partial charge in [0, 0.05) is 24.9 Å². The van der Waals surface area contributed by atoms with Crippen LogP contribution >= 0.6 is 0 Å². The van der Waals surface area contributed by atoms with Gasteiger partial charge in [0.1, 0.15) is 22.9 Å². The number of nitrogens with one attached hydrogen (secondary N) is 1. The number of fused-ring (bicyclic) bond motifs is 1. The van der Waals surface area contributed by atoms with Crippen molar-refractivity contribution < 1.29 is 9.47 Å². The lowest BCUT2D eigenvalue weighted by Crippen LogP contribution is -2.19. The summed E-state index contributed by atoms with van der Waals surface area (Å²) in [7, 11) is 1.68. The van der Waals surface area contributed by atoms with Crippen LogP contribution in [0, 0.1) is 0 Å². The highest BCUT2D eigenvalue weighted by Crippen LogP contribution is 2.30. The molecule has 1 saturated heterocycles. The molecule has 0 aliphatic carbocycles. The lowest BCUT2D eigenvalue weighted by Gasteiger charge is -2.13. The first-order valence-electron chi connectivity index (χ1n) is 8.32. The molecule has 0 bridgehead atoms. The number of aromatic nitrogens is 2. The Bertz CT molecular complexity index is 820. The first-order valence-corrected chi connectivity index (χ1v) is 8.32. The maximum absolute atomic E-state index is 5.73. The normalized spacial score (nSPS) is 17.3. The molecule has 1 aliphatic heterocycles. The Labute approximate surface area is 141 Å². The van der Waals surface area contributed by atoms with Gasteiger partial charge in [0.15, 0.2) is 0 Å². The summed E-state index contributed by atoms with van der Waals surface area (Å²) in [6.45, 7) is 1.66. The first-order chi connectivity index (χ1) is 11.8. The second kappa shape index (κ2) is 6.53. The Morgan fingerprint density at radius 1 is 1.25 bits per heavy atom. The number of imidazole rings is 1. The standard InChI is InChI=1S/C19H21N3O2/c1-23-15-9-7-14(8-10-15)18-19(20-13-16-5-4-12-24-16)22-11-3-2-6-17(22)21-18/h2-3,6-11,16,20H,4-5,12-13H2,1H3. The summed E-state index contributed by atoms with van der Waals surface area (Å²) >= 11 is 0. The van der Waals surface area contributed by atoms with Crippen LogP contribution in [0.2, 0.25) is 0 Å². The molecule has 1 aromatic carbocycles. The third-order valence-corrected chi connectivity index (χ3v) is 4.41. The van der Waals surface area contributed by atoms with Crippen molar-refractivity contribution in [2.75, 3.05) is 25.6 Å². The molecule has 0 saturated carbocycles. The van der Waals surface area contributed by atoms with Crippen molar-refractivity contribution in [2.45, 2.75) is 18.9 Å². The molecular weight excluding hydrogens is 302 g/mol. The Hall–Kier alpha value is -2.53. The highest BCUT2D eigenvalue weighted by atomic mass is 16.5. The van der Waals surface area contributed by atoms with E-state index in [-0.39, 0.29) is 6.10 Å². The molecule has 1 atom stereocenters. The van der Waals surface area contributed by atoms with E-state index in [1.165, 1.54) is 0 Å². The van der Waals surface area contributed by atoms with Gasteiger partial charge in [0.05, 0.1) is 13.2 Å². The van der Waals surface area contributed by atoms with Crippen LogP contribution in [0.25, 0.3) is 16.9 Å². The fourth-order valence-corrected chi connectivity index (χ4v) is 3.13. The number of rotatable bonds is 5. The predicted octanol–water partition coefficient (Wildman–Crippen LogP) is 3.60. The third kappa shape index (κ3) is 2.83. The molecule has 4 rings (SSSR count). The summed E-state index contributed by atoms with van der Waals surface area (Å²) in [6, 6.07) is 14.0. The zero-order valence-corrected chi connectivity index (χ0v) is 13.7. The van der Waals surface area contributed by atoms with Crippen LogP contribution in [0.15, 0.2) is 48.7 Å². The average Bonchev–Trinajstić information content (AvgIpc) is 3.27. The van der Waals surface area contributed by atoms with Crippen LogP contribution in [0.3, 0.4) is 0 Å². The van der Waals surface area contributed by atoms with Crippen LogP contribution < -0.4 is 10.1 Å². The highest BCUT2D eigenvalue weighted by molar-refractivity contribution is 5.76. The van der Waals surface area contributed by atoms with Gasteiger partial charge in [0.2, 0.25) is 0 Å². The smallest absolute Gasteiger partial charge is 0.139 e. The third-order valence-electron chi connectivity index (χ3n) is 4.41. The number of hydrogen-bond acceptors (Lipinski definition) is 4. The van der Waals surface area contributed by atoms with E-state index in [0.29, 0.717) is 0 Å². The topological polar surface area (TPSA) is 47.8 Å². The molecule has 1 N–H and O–H groups in total. The van der Waals surface area contributed by atoms with E-state index in [1.807, 2.05) is 48.7 Å². The lowest BCUT2D eigenvalue weighted by molar-refractivity contribution is 0.120. The highest BCUT2D eigenvalue weighted by Gasteiger charge is 2.18. The van der Waals surface area contributed by atoms with Crippen LogP contribution in [-0.4, -0.2) is 35.8 Å². The van der Waals surface area contributed by atoms with Crippen LogP contribution in [-0.2, 0) is 4.74 Å². The van der Waals surface area contributed by atoms with Crippen molar-refractivity contribution in [1.29, 1.82) is 0 Å². The van der Waals surface area contributed by atoms with E-state index in [9.17, 15) is 0 Å². The summed E-state index contributed by atoms with van der Waals surface area (Å²) < 4.78 is 13.1. The van der Waals surface area contributed by atoms with E-state index < -0.39 is 0 Å². The molecule has 3 heterocycles. The predicted molar refractivity (Wildman–Crippen MR) is 94.6 cm³/mol. The summed E-state index contributed by atoms with van der Waals surface area (Å²) in [5.74, 6) is 1.85. The molecule has 5 nitrogen and oxygen atoms in total. The molecule has 0 spiro atoms. The number of methoxy groups -OCH3 is 1. The molecule has 5 heteroatoms. The second-order valence-corrected chi connectivity index (χ2v) is 5.98. The average molecular weight is 323 g/mol. The van der Waals surface area contributed by atoms with Gasteiger partial charge < -0.3 is 14.8 Å². The molecule has 24 heavy (non-hydrogen) atoms. The van der Waals surface area contributed by atoms with E-state index in [2.05, 4.69) is 9.72 Å². The summed E-state index contributed by atoms with van der Waals surface area (Å²) in [5.41, 5.74) is 2.94. The first kappa shape index (κ1) is 15.0. The van der Waals surface area contributed by atoms with Gasteiger partial charge in [-0.2, -0.15) is 0 Å². The van der Waals surface area contributed by atoms with Crippen molar-refractivity contribution in [2.24, 2.45) is 0 Å². The summed E-state index contributed by atoms with van der Waals surface area (Å²) in [5, 5.41) is 3.55. The summed E-state index contributed by atoms with van der Waals surface area (Å²) in [4.78, 5) is 4.80. The van der Waals surface area contributed by atoms with Crippen LogP contribution in [0.1, 0.15) is 12.8 Å². The fourth-order valence-electron chi connectivity index (χ4n) is 3.13. The Morgan fingerprint density at radius 2 is 2.12 bits per heavy atom. The van der Waals surface area contributed by atoms with E-state index >= 15 is 0 Å². The zero-order chi connectivity index (χ0) is 16.4. The van der Waals surface area contributed by atoms with Crippen molar-refractivity contribution in [3.8, 4) is 17.0 Å². The molecular formula is C19H21N3O2. The Morgan fingerprint density at radius 3 is 2.88 bits per heavy atom. The number of ether oxygens (including phenoxy) is 2. The second-order valence-electron chi connectivity index (χ2n) is 5.98. The monoisotopic (exact) mass is 323 g/mol. The molecule has 0 radical (unpaired) electrons. The van der Waals surface area contributed by atoms with Gasteiger partial charge in [-0.3, -0.25) is 4.40 Å². The Kier molecular flexibility index (Phi) is 4.09. The quantitative estimate of drug-likeness (QED) is 0.779. The Balaban J connectivity index is 1.70. The molecule has 1 fully saturated rings. The molecule has 3 aromatic rings. The lowest BCUT2D eigenvalue weighted by atomic mass is 10.1. The number of hydrogen-bond donors (Lipinski definition) is 1. The molecule has 1 unspecified atom stereocenters. The van der Waals surface area contributed by atoms with Crippen LogP contribution in [0.4, 0.5) is 5.82 Å². The number of pyridine rings is 1. The van der Waals surface area contributed by atoms with Crippen molar-refractivity contribution >= 4 is 11.5 Å². The van der Waals surface area contributed by atoms with Crippen molar-refractivity contribution in [3.05, 3.63) is 48.7 Å². The molecule has 1 aliphatic rings. The van der Waals surface area contributed by atoms with Crippen molar-refractivity contribution in [1.82, 2.24) is 9.38 Å². The van der Waals surface area contributed by atoms with E-state index in [1.54, 1.807) is 7.11 Å². The fraction of sp³-hybridized carbons (Fsp3) is 0.316. The number of anilines is 1. The summed E-state index contributed by atoms with van der Waals surface area (Å²) in [6.07, 6.45) is 4.57. The van der Waals surface area contributed by atoms with E-state index in [0.717, 1.165) is 54.5 Å². The van der Waals surface area contributed by atoms with Gasteiger partial charge in [-0.25, -0.2) is 4.98 Å². The van der Waals surface area contributed by atoms with Gasteiger partial charge in [0.25, 0.3) is 0 Å². The number of benzene rings is 1. The minimum absolute atomic E-state index is 0.281. The SMILES string of the molecule is COc1ccc(-c2nc3ccccn3c2NCC2CCCO2)cc1. The maximum Gasteiger partial charge on any atom is 0.139 e. The van der Waals surface area contributed by atoms with E-state index in [4.69, 9.17) is 14.5 Å². The molecule has 0 amide bonds. The van der Waals surface area contributed by atoms with Crippen LogP contribution in [0.5, 0.6) is 5.75 Å². The van der Waals surface area contributed by atoms with Gasteiger partial charge in [-0.05, 0) is 49.2 Å². The van der Waals surface area contributed by atoms with Gasteiger partial charge in [-0.1, -0.05) is 6.07 Å². The number of nitrogens with zero attached hydrogens (tertiary/aromatic N) is 2. The van der Waals surface area contributed by atoms with Gasteiger partial charge in [-0.15, -0.1) is 0 Å². The maximum atomic E-state index is 5.73. The van der Waals surface area contributed by atoms with Gasteiger partial charge >= 0.3 is 0 Å².